The maximum absolute atomic E-state index is 7.64. The Bertz CT molecular complexity index is 639. The third kappa shape index (κ3) is 2.99. The molecule has 0 aliphatic carbocycles. The van der Waals surface area contributed by atoms with E-state index in [2.05, 4.69) is 15.0 Å². The Morgan fingerprint density at radius 1 is 1.10 bits per heavy atom. The second-order valence-corrected chi connectivity index (χ2v) is 4.10. The van der Waals surface area contributed by atoms with Crippen LogP contribution in [-0.4, -0.2) is 42.1 Å². The van der Waals surface area contributed by atoms with Gasteiger partial charge in [-0.15, -0.1) is 4.98 Å². The normalized spacial score (nSPS) is 10.0. The molecule has 0 fully saturated rings. The number of methoxy groups -OCH3 is 2. The molecule has 8 heteroatoms. The van der Waals surface area contributed by atoms with E-state index < -0.39 is 0 Å². The molecule has 0 saturated heterocycles. The van der Waals surface area contributed by atoms with E-state index in [-0.39, 0.29) is 17.9 Å². The van der Waals surface area contributed by atoms with Crippen LogP contribution in [0.1, 0.15) is 5.56 Å². The average molecular weight is 288 g/mol. The first-order chi connectivity index (χ1) is 10.1. The lowest BCUT2D eigenvalue weighted by Gasteiger charge is -2.20. The fourth-order valence-corrected chi connectivity index (χ4v) is 1.76. The fourth-order valence-electron chi connectivity index (χ4n) is 1.76. The van der Waals surface area contributed by atoms with E-state index >= 15 is 0 Å². The van der Waals surface area contributed by atoms with Crippen LogP contribution in [0.25, 0.3) is 0 Å². The van der Waals surface area contributed by atoms with Crippen molar-refractivity contribution in [2.75, 3.05) is 26.2 Å². The number of hydrogen-bond donors (Lipinski definition) is 2. The minimum atomic E-state index is -0.0366. The van der Waals surface area contributed by atoms with E-state index in [1.165, 1.54) is 14.2 Å². The highest BCUT2D eigenvalue weighted by Gasteiger charge is 2.16. The maximum Gasteiger partial charge on any atom is 0.324 e. The van der Waals surface area contributed by atoms with Gasteiger partial charge < -0.3 is 20.1 Å². The van der Waals surface area contributed by atoms with Crippen molar-refractivity contribution in [3.05, 3.63) is 29.8 Å². The van der Waals surface area contributed by atoms with Gasteiger partial charge in [-0.25, -0.2) is 0 Å². The number of nitrogens with two attached hydrogens (primary N) is 1. The molecule has 0 radical (unpaired) electrons. The summed E-state index contributed by atoms with van der Waals surface area (Å²) < 4.78 is 10.1. The highest BCUT2D eigenvalue weighted by atomic mass is 16.5. The summed E-state index contributed by atoms with van der Waals surface area (Å²) in [4.78, 5) is 14.0. The summed E-state index contributed by atoms with van der Waals surface area (Å²) in [6.07, 6.45) is 0. The molecule has 3 N–H and O–H groups in total. The van der Waals surface area contributed by atoms with Gasteiger partial charge in [0.15, 0.2) is 0 Å². The van der Waals surface area contributed by atoms with Gasteiger partial charge in [0, 0.05) is 12.6 Å². The number of rotatable bonds is 5. The first kappa shape index (κ1) is 14.5. The van der Waals surface area contributed by atoms with Crippen molar-refractivity contribution in [1.82, 2.24) is 15.0 Å². The minimum absolute atomic E-state index is 0.0366. The number of nitrogens with one attached hydrogen (secondary N) is 1. The number of nitrogens with zero attached hydrogens (tertiary/aromatic N) is 4. The predicted molar refractivity (Wildman–Crippen MR) is 78.5 cm³/mol. The number of para-hydroxylation sites is 1. The molecule has 0 atom stereocenters. The number of nitrogen functional groups attached to an aromatic ring is 1. The standard InChI is InChI=1S/C13H16N6O2/c1-19(9-7-5-4-6-8(9)10(14)15)11-16-12(20-2)18-13(17-11)21-3/h4-7H,1-3H3,(H3,14,15). The molecule has 0 saturated carbocycles. The van der Waals surface area contributed by atoms with Gasteiger partial charge >= 0.3 is 12.0 Å². The summed E-state index contributed by atoms with van der Waals surface area (Å²) in [7, 11) is 4.68. The van der Waals surface area contributed by atoms with Gasteiger partial charge in [-0.3, -0.25) is 5.41 Å². The van der Waals surface area contributed by atoms with Gasteiger partial charge in [-0.2, -0.15) is 9.97 Å². The third-order valence-corrected chi connectivity index (χ3v) is 2.80. The van der Waals surface area contributed by atoms with Gasteiger partial charge in [0.1, 0.15) is 5.84 Å². The molecule has 0 unspecified atom stereocenters. The van der Waals surface area contributed by atoms with Crippen LogP contribution in [0.2, 0.25) is 0 Å². The lowest BCUT2D eigenvalue weighted by molar-refractivity contribution is 0.340. The molecule has 1 aromatic heterocycles. The highest BCUT2D eigenvalue weighted by molar-refractivity contribution is 6.00. The van der Waals surface area contributed by atoms with Gasteiger partial charge in [0.25, 0.3) is 0 Å². The van der Waals surface area contributed by atoms with Crippen LogP contribution in [0.5, 0.6) is 12.0 Å². The molecule has 21 heavy (non-hydrogen) atoms. The quantitative estimate of drug-likeness (QED) is 0.622. The number of ether oxygens (including phenoxy) is 2. The number of anilines is 2. The molecule has 2 aromatic rings. The summed E-state index contributed by atoms with van der Waals surface area (Å²) in [5.41, 5.74) is 6.87. The number of benzene rings is 1. The Hall–Kier alpha value is -2.90. The van der Waals surface area contributed by atoms with Crippen molar-refractivity contribution in [3.8, 4) is 12.0 Å². The van der Waals surface area contributed by atoms with Gasteiger partial charge in [-0.1, -0.05) is 12.1 Å². The van der Waals surface area contributed by atoms with E-state index in [0.717, 1.165) is 0 Å². The van der Waals surface area contributed by atoms with Crippen LogP contribution >= 0.6 is 0 Å². The lowest BCUT2D eigenvalue weighted by Crippen LogP contribution is -2.20. The van der Waals surface area contributed by atoms with Crippen LogP contribution < -0.4 is 20.1 Å². The van der Waals surface area contributed by atoms with Crippen molar-refractivity contribution in [1.29, 1.82) is 5.41 Å². The van der Waals surface area contributed by atoms with Crippen LogP contribution in [-0.2, 0) is 0 Å². The van der Waals surface area contributed by atoms with E-state index in [1.54, 1.807) is 18.0 Å². The van der Waals surface area contributed by atoms with Crippen LogP contribution in [0, 0.1) is 5.41 Å². The summed E-state index contributed by atoms with van der Waals surface area (Å²) in [5.74, 6) is 0.290. The van der Waals surface area contributed by atoms with E-state index in [4.69, 9.17) is 20.6 Å². The van der Waals surface area contributed by atoms with Crippen LogP contribution in [0.15, 0.2) is 24.3 Å². The first-order valence-electron chi connectivity index (χ1n) is 6.08. The lowest BCUT2D eigenvalue weighted by atomic mass is 10.1. The average Bonchev–Trinajstić information content (AvgIpc) is 2.53. The molecular formula is C13H16N6O2. The monoisotopic (exact) mass is 288 g/mol. The fraction of sp³-hybridized carbons (Fsp3) is 0.231. The second-order valence-electron chi connectivity index (χ2n) is 4.10. The molecule has 8 nitrogen and oxygen atoms in total. The second kappa shape index (κ2) is 6.04. The third-order valence-electron chi connectivity index (χ3n) is 2.80. The van der Waals surface area contributed by atoms with E-state index in [0.29, 0.717) is 17.2 Å². The Labute approximate surface area is 122 Å². The number of aromatic nitrogens is 3. The molecule has 2 rings (SSSR count). The van der Waals surface area contributed by atoms with Gasteiger partial charge in [-0.05, 0) is 12.1 Å². The maximum atomic E-state index is 7.64. The Morgan fingerprint density at radius 3 is 2.19 bits per heavy atom. The Kier molecular flexibility index (Phi) is 4.17. The van der Waals surface area contributed by atoms with Crippen molar-refractivity contribution < 1.29 is 9.47 Å². The number of amidine groups is 1. The van der Waals surface area contributed by atoms with Crippen molar-refractivity contribution in [2.45, 2.75) is 0 Å². The van der Waals surface area contributed by atoms with Gasteiger partial charge in [0.05, 0.1) is 19.9 Å². The molecule has 1 heterocycles. The molecule has 0 spiro atoms. The predicted octanol–water partition coefficient (Wildman–Crippen LogP) is 0.941. The summed E-state index contributed by atoms with van der Waals surface area (Å²) in [5, 5.41) is 7.64. The first-order valence-corrected chi connectivity index (χ1v) is 6.08. The van der Waals surface area contributed by atoms with Crippen molar-refractivity contribution >= 4 is 17.5 Å². The largest absolute Gasteiger partial charge is 0.467 e. The Morgan fingerprint density at radius 2 is 1.67 bits per heavy atom. The molecular weight excluding hydrogens is 272 g/mol. The van der Waals surface area contributed by atoms with E-state index in [1.807, 2.05) is 18.2 Å². The molecule has 0 aliphatic heterocycles. The summed E-state index contributed by atoms with van der Waals surface area (Å²) >= 11 is 0. The SMILES string of the molecule is COc1nc(OC)nc(N(C)c2ccccc2C(=N)N)n1. The van der Waals surface area contributed by atoms with Crippen LogP contribution in [0.4, 0.5) is 11.6 Å². The Balaban J connectivity index is 2.49. The van der Waals surface area contributed by atoms with Crippen molar-refractivity contribution in [2.24, 2.45) is 5.73 Å². The summed E-state index contributed by atoms with van der Waals surface area (Å²) in [6, 6.07) is 7.51. The number of hydrogen-bond acceptors (Lipinski definition) is 7. The van der Waals surface area contributed by atoms with Crippen LogP contribution in [0.3, 0.4) is 0 Å². The molecule has 0 bridgehead atoms. The molecule has 1 aromatic carbocycles. The molecule has 0 aliphatic rings. The highest BCUT2D eigenvalue weighted by Crippen LogP contribution is 2.26. The van der Waals surface area contributed by atoms with E-state index in [9.17, 15) is 0 Å². The molecule has 110 valence electrons. The minimum Gasteiger partial charge on any atom is -0.467 e. The summed E-state index contributed by atoms with van der Waals surface area (Å²) in [6.45, 7) is 0. The zero-order valence-corrected chi connectivity index (χ0v) is 12.0. The topological polar surface area (TPSA) is 110 Å². The van der Waals surface area contributed by atoms with Gasteiger partial charge in [0.2, 0.25) is 5.95 Å². The zero-order valence-electron chi connectivity index (χ0n) is 12.0. The van der Waals surface area contributed by atoms with Crippen molar-refractivity contribution in [3.63, 3.8) is 0 Å². The molecule has 0 amide bonds. The smallest absolute Gasteiger partial charge is 0.324 e. The zero-order chi connectivity index (χ0) is 15.4.